The Morgan fingerprint density at radius 3 is 2.41 bits per heavy atom. The van der Waals surface area contributed by atoms with Crippen molar-refractivity contribution in [3.05, 3.63) is 49.8 Å². The van der Waals surface area contributed by atoms with E-state index >= 15 is 0 Å². The highest BCUT2D eigenvalue weighted by atomic mass is 35.5. The Hall–Kier alpha value is -2.09. The van der Waals surface area contributed by atoms with Crippen molar-refractivity contribution in [2.24, 2.45) is 0 Å². The first-order chi connectivity index (χ1) is 13.8. The molecule has 1 N–H and O–H groups in total. The van der Waals surface area contributed by atoms with Crippen LogP contribution in [0.4, 0.5) is 5.00 Å². The fraction of sp³-hybridized carbons (Fsp3) is 0.350. The van der Waals surface area contributed by atoms with Crippen LogP contribution in [0.5, 0.6) is 0 Å². The van der Waals surface area contributed by atoms with E-state index in [1.54, 1.807) is 11.8 Å². The number of ether oxygens (including phenoxy) is 1. The van der Waals surface area contributed by atoms with Crippen LogP contribution < -0.4 is 5.32 Å². The number of esters is 1. The second-order valence-corrected chi connectivity index (χ2v) is 8.52. The van der Waals surface area contributed by atoms with Crippen LogP contribution in [0.1, 0.15) is 55.2 Å². The molecule has 1 saturated heterocycles. The topological polar surface area (TPSA) is 75.7 Å². The fourth-order valence-corrected chi connectivity index (χ4v) is 4.66. The van der Waals surface area contributed by atoms with E-state index in [0.29, 0.717) is 28.6 Å². The van der Waals surface area contributed by atoms with Crippen molar-refractivity contribution in [1.29, 1.82) is 0 Å². The van der Waals surface area contributed by atoms with E-state index in [1.807, 2.05) is 0 Å². The summed E-state index contributed by atoms with van der Waals surface area (Å²) in [6, 6.07) is 4.49. The maximum Gasteiger partial charge on any atom is 0.341 e. The van der Waals surface area contributed by atoms with Crippen molar-refractivity contribution in [1.82, 2.24) is 4.90 Å². The molecule has 1 aliphatic heterocycles. The molecule has 2 heterocycles. The first-order valence-electron chi connectivity index (χ1n) is 9.11. The van der Waals surface area contributed by atoms with Gasteiger partial charge < -0.3 is 15.0 Å². The van der Waals surface area contributed by atoms with Gasteiger partial charge in [0.2, 0.25) is 0 Å². The number of nitrogens with zero attached hydrogens (tertiary/aromatic N) is 1. The summed E-state index contributed by atoms with van der Waals surface area (Å²) in [5, 5.41) is 3.56. The second-order valence-electron chi connectivity index (χ2n) is 6.69. The van der Waals surface area contributed by atoms with Gasteiger partial charge in [-0.15, -0.1) is 11.3 Å². The zero-order valence-electron chi connectivity index (χ0n) is 16.0. The number of thiophene rings is 1. The number of amides is 2. The number of benzene rings is 1. The van der Waals surface area contributed by atoms with Gasteiger partial charge in [-0.3, -0.25) is 9.59 Å². The standard InChI is InChI=1S/C20H20Cl2N2O4S/c1-11-15(20(27)28-2)18(23-17(25)12-6-7-13(21)14(22)10-12)29-16(11)19(26)24-8-4-3-5-9-24/h6-7,10H,3-5,8-9H2,1-2H3,(H,23,25). The Balaban J connectivity index is 1.94. The molecule has 2 amide bonds. The van der Waals surface area contributed by atoms with E-state index in [9.17, 15) is 14.4 Å². The van der Waals surface area contributed by atoms with Gasteiger partial charge in [0.05, 0.1) is 27.6 Å². The quantitative estimate of drug-likeness (QED) is 0.657. The van der Waals surface area contributed by atoms with Gasteiger partial charge in [0.15, 0.2) is 0 Å². The molecule has 0 bridgehead atoms. The SMILES string of the molecule is COC(=O)c1c(NC(=O)c2ccc(Cl)c(Cl)c2)sc(C(=O)N2CCCCC2)c1C. The molecule has 1 aromatic heterocycles. The normalized spacial score (nSPS) is 13.9. The van der Waals surface area contributed by atoms with Crippen LogP contribution in [-0.2, 0) is 4.74 Å². The third-order valence-corrected chi connectivity index (χ3v) is 6.72. The highest BCUT2D eigenvalue weighted by Crippen LogP contribution is 2.35. The lowest BCUT2D eigenvalue weighted by Crippen LogP contribution is -2.35. The molecule has 9 heteroatoms. The van der Waals surface area contributed by atoms with Crippen molar-refractivity contribution < 1.29 is 19.1 Å². The molecule has 29 heavy (non-hydrogen) atoms. The first kappa shape index (κ1) is 21.6. The number of hydrogen-bond acceptors (Lipinski definition) is 5. The molecule has 0 aliphatic carbocycles. The van der Waals surface area contributed by atoms with Crippen molar-refractivity contribution in [3.63, 3.8) is 0 Å². The molecule has 2 aromatic rings. The van der Waals surface area contributed by atoms with Crippen LogP contribution in [-0.4, -0.2) is 42.9 Å². The van der Waals surface area contributed by atoms with E-state index in [2.05, 4.69) is 5.32 Å². The number of carbonyl (C=O) groups is 3. The smallest absolute Gasteiger partial charge is 0.341 e. The molecule has 3 rings (SSSR count). The molecule has 1 aliphatic rings. The minimum Gasteiger partial charge on any atom is -0.465 e. The third-order valence-electron chi connectivity index (χ3n) is 4.78. The number of carbonyl (C=O) groups excluding carboxylic acids is 3. The zero-order chi connectivity index (χ0) is 21.1. The molecule has 1 fully saturated rings. The molecular formula is C20H20Cl2N2O4S. The Labute approximate surface area is 182 Å². The van der Waals surface area contributed by atoms with Gasteiger partial charge in [-0.05, 0) is 49.9 Å². The van der Waals surface area contributed by atoms with E-state index in [0.717, 1.165) is 30.6 Å². The van der Waals surface area contributed by atoms with Crippen molar-refractivity contribution >= 4 is 57.3 Å². The number of halogens is 2. The van der Waals surface area contributed by atoms with E-state index < -0.39 is 11.9 Å². The van der Waals surface area contributed by atoms with E-state index in [4.69, 9.17) is 27.9 Å². The molecule has 0 atom stereocenters. The van der Waals surface area contributed by atoms with Crippen molar-refractivity contribution in [3.8, 4) is 0 Å². The number of hydrogen-bond donors (Lipinski definition) is 1. The van der Waals surface area contributed by atoms with Gasteiger partial charge in [-0.25, -0.2) is 4.79 Å². The summed E-state index contributed by atoms with van der Waals surface area (Å²) in [7, 11) is 1.26. The highest BCUT2D eigenvalue weighted by Gasteiger charge is 2.29. The maximum atomic E-state index is 13.0. The summed E-state index contributed by atoms with van der Waals surface area (Å²) in [6.07, 6.45) is 3.02. The summed E-state index contributed by atoms with van der Waals surface area (Å²) >= 11 is 13.0. The van der Waals surface area contributed by atoms with E-state index in [-0.39, 0.29) is 27.1 Å². The third kappa shape index (κ3) is 4.57. The molecule has 154 valence electrons. The Bertz CT molecular complexity index is 968. The van der Waals surface area contributed by atoms with Gasteiger partial charge in [0, 0.05) is 18.7 Å². The zero-order valence-corrected chi connectivity index (χ0v) is 18.3. The Morgan fingerprint density at radius 1 is 1.10 bits per heavy atom. The molecular weight excluding hydrogens is 435 g/mol. The largest absolute Gasteiger partial charge is 0.465 e. The molecule has 0 unspecified atom stereocenters. The van der Waals surface area contributed by atoms with Crippen LogP contribution in [0, 0.1) is 6.92 Å². The molecule has 0 radical (unpaired) electrons. The number of piperidine rings is 1. The summed E-state index contributed by atoms with van der Waals surface area (Å²) in [4.78, 5) is 40.2. The predicted molar refractivity (Wildman–Crippen MR) is 115 cm³/mol. The monoisotopic (exact) mass is 454 g/mol. The Morgan fingerprint density at radius 2 is 1.79 bits per heavy atom. The van der Waals surface area contributed by atoms with Crippen LogP contribution in [0.25, 0.3) is 0 Å². The number of likely N-dealkylation sites (tertiary alicyclic amines) is 1. The predicted octanol–water partition coefficient (Wildman–Crippen LogP) is 5.03. The minimum absolute atomic E-state index is 0.132. The summed E-state index contributed by atoms with van der Waals surface area (Å²) < 4.78 is 4.87. The second kappa shape index (κ2) is 9.15. The molecule has 0 saturated carbocycles. The van der Waals surface area contributed by atoms with Crippen molar-refractivity contribution in [2.45, 2.75) is 26.2 Å². The van der Waals surface area contributed by atoms with E-state index in [1.165, 1.54) is 25.3 Å². The average Bonchev–Trinajstić information content (AvgIpc) is 3.05. The molecule has 6 nitrogen and oxygen atoms in total. The summed E-state index contributed by atoms with van der Waals surface area (Å²) in [5.41, 5.74) is 0.971. The highest BCUT2D eigenvalue weighted by molar-refractivity contribution is 7.18. The van der Waals surface area contributed by atoms with Gasteiger partial charge >= 0.3 is 5.97 Å². The lowest BCUT2D eigenvalue weighted by Gasteiger charge is -2.26. The minimum atomic E-state index is -0.610. The average molecular weight is 455 g/mol. The van der Waals surface area contributed by atoms with Crippen LogP contribution >= 0.6 is 34.5 Å². The Kier molecular flexibility index (Phi) is 6.82. The van der Waals surface area contributed by atoms with Gasteiger partial charge in [-0.2, -0.15) is 0 Å². The van der Waals surface area contributed by atoms with Gasteiger partial charge in [-0.1, -0.05) is 23.2 Å². The molecule has 1 aromatic carbocycles. The number of anilines is 1. The van der Waals surface area contributed by atoms with Gasteiger partial charge in [0.25, 0.3) is 11.8 Å². The lowest BCUT2D eigenvalue weighted by atomic mass is 10.1. The van der Waals surface area contributed by atoms with Crippen LogP contribution in [0.15, 0.2) is 18.2 Å². The van der Waals surface area contributed by atoms with Crippen LogP contribution in [0.2, 0.25) is 10.0 Å². The summed E-state index contributed by atoms with van der Waals surface area (Å²) in [6.45, 7) is 3.07. The number of methoxy groups -OCH3 is 1. The van der Waals surface area contributed by atoms with Gasteiger partial charge in [0.1, 0.15) is 5.00 Å². The van der Waals surface area contributed by atoms with Crippen molar-refractivity contribution in [2.75, 3.05) is 25.5 Å². The maximum absolute atomic E-state index is 13.0. The number of nitrogens with one attached hydrogen (secondary N) is 1. The molecule has 0 spiro atoms. The fourth-order valence-electron chi connectivity index (χ4n) is 3.21. The lowest BCUT2D eigenvalue weighted by molar-refractivity contribution is 0.0601. The summed E-state index contributed by atoms with van der Waals surface area (Å²) in [5.74, 6) is -1.21. The number of rotatable bonds is 4. The first-order valence-corrected chi connectivity index (χ1v) is 10.7. The van der Waals surface area contributed by atoms with Crippen LogP contribution in [0.3, 0.4) is 0 Å².